The van der Waals surface area contributed by atoms with Crippen LogP contribution in [-0.2, 0) is 6.42 Å². The quantitative estimate of drug-likeness (QED) is 0.600. The van der Waals surface area contributed by atoms with Crippen molar-refractivity contribution in [2.24, 2.45) is 5.92 Å². The highest BCUT2D eigenvalue weighted by atomic mass is 16.5. The number of para-hydroxylation sites is 1. The van der Waals surface area contributed by atoms with Gasteiger partial charge in [-0.25, -0.2) is 4.98 Å². The molecular formula is C23H28N2O. The zero-order chi connectivity index (χ0) is 18.7. The van der Waals surface area contributed by atoms with E-state index in [0.717, 1.165) is 34.5 Å². The van der Waals surface area contributed by atoms with E-state index in [9.17, 15) is 0 Å². The lowest BCUT2D eigenvalue weighted by Crippen LogP contribution is -2.08. The highest BCUT2D eigenvalue weighted by Crippen LogP contribution is 2.32. The molecule has 3 aromatic rings. The molecular weight excluding hydrogens is 320 g/mol. The summed E-state index contributed by atoms with van der Waals surface area (Å²) in [6, 6.07) is 17.3. The van der Waals surface area contributed by atoms with Gasteiger partial charge in [0.2, 0.25) is 0 Å². The minimum absolute atomic E-state index is 0.208. The van der Waals surface area contributed by atoms with Gasteiger partial charge in [-0.15, -0.1) is 0 Å². The zero-order valence-electron chi connectivity index (χ0n) is 16.3. The Morgan fingerprint density at radius 3 is 2.42 bits per heavy atom. The molecule has 2 aromatic carbocycles. The number of hydrogen-bond acceptors (Lipinski definition) is 3. The van der Waals surface area contributed by atoms with Gasteiger partial charge in [0.15, 0.2) is 0 Å². The average molecular weight is 348 g/mol. The Labute approximate surface area is 156 Å². The predicted octanol–water partition coefficient (Wildman–Crippen LogP) is 5.92. The number of aryl methyl sites for hydroxylation is 1. The van der Waals surface area contributed by atoms with Gasteiger partial charge >= 0.3 is 0 Å². The average Bonchev–Trinajstić information content (AvgIpc) is 2.61. The SMILES string of the molecule is COc1cccc2c(NC(C)c3ccc(CC(C)C)cc3)cc(C)nc12. The Balaban J connectivity index is 1.88. The first kappa shape index (κ1) is 18.2. The molecule has 26 heavy (non-hydrogen) atoms. The Bertz CT molecular complexity index is 885. The Kier molecular flexibility index (Phi) is 5.46. The molecule has 1 atom stereocenters. The molecule has 0 spiro atoms. The molecule has 1 N–H and O–H groups in total. The molecule has 0 amide bonds. The maximum absolute atomic E-state index is 5.48. The van der Waals surface area contributed by atoms with Crippen LogP contribution in [0.2, 0.25) is 0 Å². The van der Waals surface area contributed by atoms with Crippen LogP contribution >= 0.6 is 0 Å². The topological polar surface area (TPSA) is 34.1 Å². The van der Waals surface area contributed by atoms with Crippen molar-refractivity contribution in [2.75, 3.05) is 12.4 Å². The smallest absolute Gasteiger partial charge is 0.145 e. The van der Waals surface area contributed by atoms with E-state index in [4.69, 9.17) is 4.74 Å². The van der Waals surface area contributed by atoms with Gasteiger partial charge in [0.05, 0.1) is 7.11 Å². The van der Waals surface area contributed by atoms with E-state index in [-0.39, 0.29) is 6.04 Å². The lowest BCUT2D eigenvalue weighted by atomic mass is 9.99. The minimum Gasteiger partial charge on any atom is -0.494 e. The van der Waals surface area contributed by atoms with Crippen LogP contribution < -0.4 is 10.1 Å². The second-order valence-corrected chi connectivity index (χ2v) is 7.37. The van der Waals surface area contributed by atoms with Crippen LogP contribution in [0.3, 0.4) is 0 Å². The van der Waals surface area contributed by atoms with Crippen LogP contribution in [0.1, 0.15) is 43.6 Å². The van der Waals surface area contributed by atoms with Crippen molar-refractivity contribution in [2.45, 2.75) is 40.2 Å². The molecule has 0 fully saturated rings. The summed E-state index contributed by atoms with van der Waals surface area (Å²) in [4.78, 5) is 4.66. The van der Waals surface area contributed by atoms with Crippen LogP contribution in [0, 0.1) is 12.8 Å². The molecule has 1 unspecified atom stereocenters. The second kappa shape index (κ2) is 7.77. The summed E-state index contributed by atoms with van der Waals surface area (Å²) < 4.78 is 5.48. The van der Waals surface area contributed by atoms with Crippen molar-refractivity contribution in [3.63, 3.8) is 0 Å². The monoisotopic (exact) mass is 348 g/mol. The van der Waals surface area contributed by atoms with Gasteiger partial charge in [0.25, 0.3) is 0 Å². The first-order valence-corrected chi connectivity index (χ1v) is 9.27. The Morgan fingerprint density at radius 1 is 1.04 bits per heavy atom. The Hall–Kier alpha value is -2.55. The summed E-state index contributed by atoms with van der Waals surface area (Å²) in [5, 5.41) is 4.74. The number of methoxy groups -OCH3 is 1. The maximum Gasteiger partial charge on any atom is 0.145 e. The number of benzene rings is 2. The number of rotatable bonds is 6. The zero-order valence-corrected chi connectivity index (χ0v) is 16.3. The molecule has 136 valence electrons. The van der Waals surface area contributed by atoms with E-state index in [1.54, 1.807) is 7.11 Å². The first-order chi connectivity index (χ1) is 12.5. The van der Waals surface area contributed by atoms with Crippen molar-refractivity contribution in [3.05, 3.63) is 65.4 Å². The fourth-order valence-corrected chi connectivity index (χ4v) is 3.36. The van der Waals surface area contributed by atoms with Crippen molar-refractivity contribution < 1.29 is 4.74 Å². The molecule has 0 saturated heterocycles. The predicted molar refractivity (Wildman–Crippen MR) is 110 cm³/mol. The van der Waals surface area contributed by atoms with Gasteiger partial charge in [-0.1, -0.05) is 50.2 Å². The number of fused-ring (bicyclic) bond motifs is 1. The standard InChI is InChI=1S/C23H28N2O/c1-15(2)13-18-9-11-19(12-10-18)17(4)25-21-14-16(3)24-23-20(21)7-6-8-22(23)26-5/h6-12,14-15,17H,13H2,1-5H3,(H,24,25). The number of nitrogens with zero attached hydrogens (tertiary/aromatic N) is 1. The van der Waals surface area contributed by atoms with Crippen molar-refractivity contribution >= 4 is 16.6 Å². The molecule has 0 bridgehead atoms. The summed E-state index contributed by atoms with van der Waals surface area (Å²) in [6.07, 6.45) is 1.12. The second-order valence-electron chi connectivity index (χ2n) is 7.37. The summed E-state index contributed by atoms with van der Waals surface area (Å²) in [6.45, 7) is 8.72. The first-order valence-electron chi connectivity index (χ1n) is 9.27. The van der Waals surface area contributed by atoms with Crippen LogP contribution in [0.15, 0.2) is 48.5 Å². The number of pyridine rings is 1. The molecule has 0 aliphatic rings. The molecule has 3 heteroatoms. The van der Waals surface area contributed by atoms with E-state index in [0.29, 0.717) is 5.92 Å². The number of hydrogen-bond donors (Lipinski definition) is 1. The molecule has 1 aromatic heterocycles. The van der Waals surface area contributed by atoms with Gasteiger partial charge < -0.3 is 10.1 Å². The molecule has 0 saturated carbocycles. The highest BCUT2D eigenvalue weighted by molar-refractivity contribution is 5.95. The fraction of sp³-hybridized carbons (Fsp3) is 0.348. The van der Waals surface area contributed by atoms with E-state index < -0.39 is 0 Å². The third-order valence-corrected chi connectivity index (χ3v) is 4.65. The Morgan fingerprint density at radius 2 is 1.77 bits per heavy atom. The van der Waals surface area contributed by atoms with Gasteiger partial charge in [0.1, 0.15) is 11.3 Å². The number of aromatic nitrogens is 1. The van der Waals surface area contributed by atoms with Crippen molar-refractivity contribution in [1.82, 2.24) is 4.98 Å². The van der Waals surface area contributed by atoms with Crippen LogP contribution in [-0.4, -0.2) is 12.1 Å². The lowest BCUT2D eigenvalue weighted by molar-refractivity contribution is 0.419. The number of ether oxygens (including phenoxy) is 1. The van der Waals surface area contributed by atoms with E-state index in [1.165, 1.54) is 11.1 Å². The number of nitrogens with one attached hydrogen (secondary N) is 1. The van der Waals surface area contributed by atoms with Gasteiger partial charge in [-0.05, 0) is 49.4 Å². The molecule has 3 rings (SSSR count). The normalized spacial score (nSPS) is 12.4. The van der Waals surface area contributed by atoms with Gasteiger partial charge in [-0.3, -0.25) is 0 Å². The van der Waals surface area contributed by atoms with Crippen molar-refractivity contribution in [1.29, 1.82) is 0 Å². The molecule has 0 aliphatic heterocycles. The van der Waals surface area contributed by atoms with Crippen LogP contribution in [0.4, 0.5) is 5.69 Å². The molecule has 3 nitrogen and oxygen atoms in total. The van der Waals surface area contributed by atoms with E-state index >= 15 is 0 Å². The largest absolute Gasteiger partial charge is 0.494 e. The molecule has 0 aliphatic carbocycles. The lowest BCUT2D eigenvalue weighted by Gasteiger charge is -2.19. The summed E-state index contributed by atoms with van der Waals surface area (Å²) >= 11 is 0. The molecule has 0 radical (unpaired) electrons. The third-order valence-electron chi connectivity index (χ3n) is 4.65. The van der Waals surface area contributed by atoms with Gasteiger partial charge in [0, 0.05) is 22.8 Å². The van der Waals surface area contributed by atoms with E-state index in [2.05, 4.69) is 67.5 Å². The summed E-state index contributed by atoms with van der Waals surface area (Å²) in [5.41, 5.74) is 5.64. The third kappa shape index (κ3) is 3.98. The highest BCUT2D eigenvalue weighted by Gasteiger charge is 2.12. The van der Waals surface area contributed by atoms with Crippen LogP contribution in [0.5, 0.6) is 5.75 Å². The van der Waals surface area contributed by atoms with Crippen LogP contribution in [0.25, 0.3) is 10.9 Å². The maximum atomic E-state index is 5.48. The van der Waals surface area contributed by atoms with E-state index in [1.807, 2.05) is 19.1 Å². The summed E-state index contributed by atoms with van der Waals surface area (Å²) in [5.74, 6) is 1.48. The minimum atomic E-state index is 0.208. The summed E-state index contributed by atoms with van der Waals surface area (Å²) in [7, 11) is 1.69. The molecule has 1 heterocycles. The van der Waals surface area contributed by atoms with Gasteiger partial charge in [-0.2, -0.15) is 0 Å². The van der Waals surface area contributed by atoms with Crippen molar-refractivity contribution in [3.8, 4) is 5.75 Å². The number of anilines is 1. The fourth-order valence-electron chi connectivity index (χ4n) is 3.36.